The fraction of sp³-hybridized carbons (Fsp3) is 1.00. The molecule has 0 atom stereocenters. The molecule has 0 aromatic rings. The topological polar surface area (TPSA) is 57.2 Å². The molecule has 0 radical (unpaired) electrons. The van der Waals surface area contributed by atoms with Crippen LogP contribution in [0, 0.1) is 0 Å². The second-order valence-corrected chi connectivity index (χ2v) is 4.73. The molecule has 0 aromatic carbocycles. The van der Waals surface area contributed by atoms with Crippen LogP contribution in [0.3, 0.4) is 0 Å². The van der Waals surface area contributed by atoms with E-state index in [9.17, 15) is 21.8 Å². The van der Waals surface area contributed by atoms with Gasteiger partial charge in [-0.2, -0.15) is 0 Å². The van der Waals surface area contributed by atoms with Crippen molar-refractivity contribution in [2.75, 3.05) is 5.75 Å². The van der Waals surface area contributed by atoms with E-state index in [-0.39, 0.29) is 41.7 Å². The second kappa shape index (κ2) is 9.96. The number of rotatable bonds is 8. The van der Waals surface area contributed by atoms with Gasteiger partial charge >= 0.3 is 29.6 Å². The average molecular weight is 252 g/mol. The molecule has 0 N–H and O–H groups in total. The summed E-state index contributed by atoms with van der Waals surface area (Å²) in [6, 6.07) is 0. The van der Waals surface area contributed by atoms with Gasteiger partial charge < -0.3 is 4.55 Å². The Morgan fingerprint density at radius 1 is 1.00 bits per heavy atom. The Morgan fingerprint density at radius 3 is 1.93 bits per heavy atom. The minimum atomic E-state index is -4.10. The molecule has 0 spiro atoms. The Morgan fingerprint density at radius 2 is 1.47 bits per heavy atom. The predicted molar refractivity (Wildman–Crippen MR) is 48.3 cm³/mol. The summed E-state index contributed by atoms with van der Waals surface area (Å²) in [5.74, 6) is -0.345. The Balaban J connectivity index is 0. The van der Waals surface area contributed by atoms with E-state index in [0.717, 1.165) is 0 Å². The zero-order valence-electron chi connectivity index (χ0n) is 8.92. The molecule has 0 bridgehead atoms. The van der Waals surface area contributed by atoms with Gasteiger partial charge in [-0.25, -0.2) is 17.2 Å². The van der Waals surface area contributed by atoms with Crippen LogP contribution in [0.5, 0.6) is 0 Å². The van der Waals surface area contributed by atoms with Crippen molar-refractivity contribution in [2.24, 2.45) is 0 Å². The Bertz CT molecular complexity index is 232. The normalized spacial score (nSPS) is 11.5. The van der Waals surface area contributed by atoms with E-state index in [2.05, 4.69) is 0 Å². The number of halogens is 2. The van der Waals surface area contributed by atoms with Crippen LogP contribution in [-0.4, -0.2) is 25.1 Å². The maximum Gasteiger partial charge on any atom is 1.00 e. The van der Waals surface area contributed by atoms with Crippen molar-refractivity contribution in [3.63, 3.8) is 0 Å². The first-order chi connectivity index (χ1) is 6.42. The minimum Gasteiger partial charge on any atom is -0.748 e. The number of alkyl halides is 2. The van der Waals surface area contributed by atoms with E-state index >= 15 is 0 Å². The molecule has 0 heterocycles. The van der Waals surface area contributed by atoms with Crippen LogP contribution >= 0.6 is 0 Å². The molecule has 0 rings (SSSR count). The van der Waals surface area contributed by atoms with Gasteiger partial charge in [-0.15, -0.1) is 0 Å². The minimum absolute atomic E-state index is 0. The van der Waals surface area contributed by atoms with Crippen LogP contribution in [0.15, 0.2) is 0 Å². The molecule has 0 amide bonds. The molecular formula is C8H15F2NaO3S. The zero-order valence-corrected chi connectivity index (χ0v) is 11.7. The van der Waals surface area contributed by atoms with Crippen molar-refractivity contribution in [1.29, 1.82) is 0 Å². The maximum absolute atomic E-state index is 11.6. The molecule has 0 fully saturated rings. The molecule has 0 unspecified atom stereocenters. The number of hydrogen-bond acceptors (Lipinski definition) is 3. The van der Waals surface area contributed by atoms with Gasteiger partial charge in [-0.05, 0) is 12.8 Å². The van der Waals surface area contributed by atoms with Gasteiger partial charge in [-0.3, -0.25) is 0 Å². The smallest absolute Gasteiger partial charge is 0.748 e. The first-order valence-corrected chi connectivity index (χ1v) is 6.21. The van der Waals surface area contributed by atoms with Crippen LogP contribution in [0.1, 0.15) is 38.5 Å². The summed E-state index contributed by atoms with van der Waals surface area (Å²) in [6.45, 7) is 0. The van der Waals surface area contributed by atoms with Crippen molar-refractivity contribution in [1.82, 2.24) is 0 Å². The summed E-state index contributed by atoms with van der Waals surface area (Å²) in [5.41, 5.74) is 0. The first-order valence-electron chi connectivity index (χ1n) is 4.63. The summed E-state index contributed by atoms with van der Waals surface area (Å²) >= 11 is 0. The Kier molecular flexibility index (Phi) is 12.0. The third-order valence-corrected chi connectivity index (χ3v) is 2.61. The molecule has 86 valence electrons. The fourth-order valence-corrected chi connectivity index (χ4v) is 1.67. The van der Waals surface area contributed by atoms with Gasteiger partial charge in [0.05, 0.1) is 10.1 Å². The zero-order chi connectivity index (χ0) is 11.0. The van der Waals surface area contributed by atoms with Crippen molar-refractivity contribution < 1.29 is 51.3 Å². The third kappa shape index (κ3) is 17.4. The van der Waals surface area contributed by atoms with Gasteiger partial charge in [0.1, 0.15) is 0 Å². The first kappa shape index (κ1) is 18.1. The van der Waals surface area contributed by atoms with E-state index in [1.807, 2.05) is 0 Å². The van der Waals surface area contributed by atoms with E-state index < -0.39 is 16.5 Å². The molecular weight excluding hydrogens is 237 g/mol. The van der Waals surface area contributed by atoms with Gasteiger partial charge in [0, 0.05) is 12.2 Å². The summed E-state index contributed by atoms with van der Waals surface area (Å²) in [6.07, 6.45) is 0.440. The SMILES string of the molecule is O=S(=O)([O-])CCCCCCCC(F)F.[Na+]. The van der Waals surface area contributed by atoms with Gasteiger partial charge in [0.2, 0.25) is 6.43 Å². The van der Waals surface area contributed by atoms with Crippen LogP contribution in [0.4, 0.5) is 8.78 Å². The molecule has 15 heavy (non-hydrogen) atoms. The van der Waals surface area contributed by atoms with Gasteiger partial charge in [-0.1, -0.05) is 19.3 Å². The van der Waals surface area contributed by atoms with Crippen molar-refractivity contribution in [3.05, 3.63) is 0 Å². The van der Waals surface area contributed by atoms with E-state index in [1.54, 1.807) is 0 Å². The van der Waals surface area contributed by atoms with Crippen LogP contribution in [0.2, 0.25) is 0 Å². The monoisotopic (exact) mass is 252 g/mol. The largest absolute Gasteiger partial charge is 1.00 e. The molecule has 0 aromatic heterocycles. The van der Waals surface area contributed by atoms with Crippen molar-refractivity contribution in [2.45, 2.75) is 45.0 Å². The van der Waals surface area contributed by atoms with Crippen LogP contribution in [0.25, 0.3) is 0 Å². The summed E-state index contributed by atoms with van der Waals surface area (Å²) < 4.78 is 53.8. The van der Waals surface area contributed by atoms with Crippen LogP contribution in [-0.2, 0) is 10.1 Å². The van der Waals surface area contributed by atoms with Crippen LogP contribution < -0.4 is 29.6 Å². The van der Waals surface area contributed by atoms with Crippen molar-refractivity contribution >= 4 is 10.1 Å². The fourth-order valence-electron chi connectivity index (χ4n) is 1.11. The molecule has 0 aliphatic heterocycles. The Labute approximate surface area is 112 Å². The molecule has 0 aliphatic carbocycles. The predicted octanol–water partition coefficient (Wildman–Crippen LogP) is -0.859. The number of hydrogen-bond donors (Lipinski definition) is 0. The van der Waals surface area contributed by atoms with Gasteiger partial charge in [0.15, 0.2) is 0 Å². The standard InChI is InChI=1S/C8H16F2O3S.Na/c9-8(10)6-4-2-1-3-5-7-14(11,12)13;/h8H,1-7H2,(H,11,12,13);/q;+1/p-1. The second-order valence-electron chi connectivity index (χ2n) is 3.21. The van der Waals surface area contributed by atoms with E-state index in [1.165, 1.54) is 0 Å². The summed E-state index contributed by atoms with van der Waals surface area (Å²) in [5, 5.41) is 0. The molecule has 3 nitrogen and oxygen atoms in total. The number of unbranched alkanes of at least 4 members (excludes halogenated alkanes) is 4. The molecule has 7 heteroatoms. The Hall–Kier alpha value is 0.770. The third-order valence-electron chi connectivity index (χ3n) is 1.82. The van der Waals surface area contributed by atoms with Crippen molar-refractivity contribution in [3.8, 4) is 0 Å². The maximum atomic E-state index is 11.6. The average Bonchev–Trinajstić information content (AvgIpc) is 2.00. The quantitative estimate of drug-likeness (QED) is 0.321. The molecule has 0 saturated carbocycles. The molecule has 0 aliphatic rings. The molecule has 0 saturated heterocycles. The van der Waals surface area contributed by atoms with E-state index in [0.29, 0.717) is 32.1 Å². The summed E-state index contributed by atoms with van der Waals surface area (Å²) in [4.78, 5) is 0. The van der Waals surface area contributed by atoms with E-state index in [4.69, 9.17) is 0 Å². The summed E-state index contributed by atoms with van der Waals surface area (Å²) in [7, 11) is -4.10. The van der Waals surface area contributed by atoms with Gasteiger partial charge in [0.25, 0.3) is 0 Å².